The molecule has 0 aliphatic heterocycles. The van der Waals surface area contributed by atoms with Crippen molar-refractivity contribution in [3.05, 3.63) is 22.2 Å². The molecule has 0 spiro atoms. The molecular formula is C12H20N6O3. The average Bonchev–Trinajstić information content (AvgIpc) is 2.43. The van der Waals surface area contributed by atoms with Gasteiger partial charge in [-0.1, -0.05) is 0 Å². The van der Waals surface area contributed by atoms with Gasteiger partial charge >= 0.3 is 11.7 Å². The second-order valence-electron chi connectivity index (χ2n) is 4.40. The van der Waals surface area contributed by atoms with E-state index in [-0.39, 0.29) is 17.5 Å². The van der Waals surface area contributed by atoms with Crippen LogP contribution in [-0.2, 0) is 0 Å². The summed E-state index contributed by atoms with van der Waals surface area (Å²) in [4.78, 5) is 27.3. The molecule has 9 nitrogen and oxygen atoms in total. The Morgan fingerprint density at radius 1 is 1.33 bits per heavy atom. The van der Waals surface area contributed by atoms with Gasteiger partial charge < -0.3 is 20.9 Å². The number of amides is 2. The Hall–Kier alpha value is -2.58. The number of nitro groups is 1. The van der Waals surface area contributed by atoms with Crippen molar-refractivity contribution >= 4 is 23.4 Å². The molecule has 1 aromatic rings. The van der Waals surface area contributed by atoms with Crippen molar-refractivity contribution in [3.63, 3.8) is 0 Å². The summed E-state index contributed by atoms with van der Waals surface area (Å²) in [6.45, 7) is 3.25. The number of pyridine rings is 1. The maximum absolute atomic E-state index is 11.3. The number of rotatable bonds is 7. The largest absolute Gasteiger partial charge is 0.370 e. The first-order valence-electron chi connectivity index (χ1n) is 6.54. The zero-order chi connectivity index (χ0) is 15.8. The van der Waals surface area contributed by atoms with Crippen LogP contribution in [0.4, 0.5) is 22.1 Å². The minimum Gasteiger partial charge on any atom is -0.370 e. The van der Waals surface area contributed by atoms with E-state index < -0.39 is 4.92 Å². The highest BCUT2D eigenvalue weighted by molar-refractivity contribution is 5.73. The molecule has 0 aliphatic carbocycles. The number of urea groups is 1. The summed E-state index contributed by atoms with van der Waals surface area (Å²) in [6, 6.07) is 2.73. The summed E-state index contributed by atoms with van der Waals surface area (Å²) in [6.07, 6.45) is 0. The molecule has 1 heterocycles. The number of nitrogens with zero attached hydrogens (tertiary/aromatic N) is 3. The average molecular weight is 296 g/mol. The third-order valence-corrected chi connectivity index (χ3v) is 2.53. The van der Waals surface area contributed by atoms with Crippen LogP contribution in [0, 0.1) is 10.1 Å². The van der Waals surface area contributed by atoms with Crippen LogP contribution in [-0.4, -0.2) is 54.6 Å². The van der Waals surface area contributed by atoms with E-state index in [0.717, 1.165) is 0 Å². The van der Waals surface area contributed by atoms with E-state index in [1.165, 1.54) is 11.0 Å². The van der Waals surface area contributed by atoms with E-state index in [1.807, 2.05) is 6.92 Å². The van der Waals surface area contributed by atoms with Crippen LogP contribution in [0.2, 0.25) is 0 Å². The van der Waals surface area contributed by atoms with Crippen molar-refractivity contribution in [2.45, 2.75) is 6.92 Å². The Morgan fingerprint density at radius 2 is 2.05 bits per heavy atom. The van der Waals surface area contributed by atoms with Gasteiger partial charge in [0.05, 0.1) is 4.92 Å². The first kappa shape index (κ1) is 16.5. The first-order valence-corrected chi connectivity index (χ1v) is 6.54. The lowest BCUT2D eigenvalue weighted by atomic mass is 10.3. The summed E-state index contributed by atoms with van der Waals surface area (Å²) >= 11 is 0. The fourth-order valence-electron chi connectivity index (χ4n) is 1.52. The molecule has 3 N–H and O–H groups in total. The van der Waals surface area contributed by atoms with Crippen LogP contribution < -0.4 is 16.0 Å². The molecular weight excluding hydrogens is 276 g/mol. The quantitative estimate of drug-likeness (QED) is 0.394. The summed E-state index contributed by atoms with van der Waals surface area (Å²) in [5.74, 6) is 0.737. The third kappa shape index (κ3) is 5.13. The van der Waals surface area contributed by atoms with Gasteiger partial charge in [0.1, 0.15) is 5.82 Å². The van der Waals surface area contributed by atoms with Crippen molar-refractivity contribution < 1.29 is 9.72 Å². The van der Waals surface area contributed by atoms with Crippen LogP contribution in [0.5, 0.6) is 0 Å². The SMILES string of the molecule is CCNc1ccc([N+](=O)[O-])c(NCCNC(=O)N(C)C)n1. The van der Waals surface area contributed by atoms with Gasteiger partial charge in [0.2, 0.25) is 5.82 Å². The lowest BCUT2D eigenvalue weighted by Crippen LogP contribution is -2.37. The van der Waals surface area contributed by atoms with E-state index >= 15 is 0 Å². The molecule has 9 heteroatoms. The minimum atomic E-state index is -0.497. The number of hydrogen-bond donors (Lipinski definition) is 3. The Kier molecular flexibility index (Phi) is 6.18. The molecule has 0 atom stereocenters. The van der Waals surface area contributed by atoms with E-state index in [4.69, 9.17) is 0 Å². The molecule has 0 saturated carbocycles. The zero-order valence-electron chi connectivity index (χ0n) is 12.3. The van der Waals surface area contributed by atoms with Gasteiger partial charge in [-0.15, -0.1) is 0 Å². The highest BCUT2D eigenvalue weighted by Gasteiger charge is 2.15. The van der Waals surface area contributed by atoms with Crippen molar-refractivity contribution in [1.29, 1.82) is 0 Å². The van der Waals surface area contributed by atoms with Crippen LogP contribution in [0.1, 0.15) is 6.92 Å². The summed E-state index contributed by atoms with van der Waals surface area (Å²) < 4.78 is 0. The number of carbonyl (C=O) groups is 1. The Balaban J connectivity index is 2.65. The van der Waals surface area contributed by atoms with Crippen LogP contribution >= 0.6 is 0 Å². The first-order chi connectivity index (χ1) is 9.95. The van der Waals surface area contributed by atoms with Crippen LogP contribution in [0.15, 0.2) is 12.1 Å². The van der Waals surface area contributed by atoms with Crippen molar-refractivity contribution in [1.82, 2.24) is 15.2 Å². The van der Waals surface area contributed by atoms with Gasteiger partial charge in [-0.2, -0.15) is 0 Å². The van der Waals surface area contributed by atoms with Crippen LogP contribution in [0.3, 0.4) is 0 Å². The summed E-state index contributed by atoms with van der Waals surface area (Å²) in [7, 11) is 3.27. The lowest BCUT2D eigenvalue weighted by molar-refractivity contribution is -0.384. The van der Waals surface area contributed by atoms with Crippen molar-refractivity contribution in [2.24, 2.45) is 0 Å². The smallest absolute Gasteiger partial charge is 0.316 e. The van der Waals surface area contributed by atoms with Crippen molar-refractivity contribution in [3.8, 4) is 0 Å². The van der Waals surface area contributed by atoms with Gasteiger partial charge in [0, 0.05) is 39.8 Å². The van der Waals surface area contributed by atoms with Gasteiger partial charge in [-0.25, -0.2) is 9.78 Å². The van der Waals surface area contributed by atoms with E-state index in [0.29, 0.717) is 25.5 Å². The molecule has 0 fully saturated rings. The fourth-order valence-corrected chi connectivity index (χ4v) is 1.52. The van der Waals surface area contributed by atoms with E-state index in [1.54, 1.807) is 20.2 Å². The highest BCUT2D eigenvalue weighted by Crippen LogP contribution is 2.23. The van der Waals surface area contributed by atoms with E-state index in [2.05, 4.69) is 20.9 Å². The molecule has 116 valence electrons. The maximum Gasteiger partial charge on any atom is 0.316 e. The number of carbonyl (C=O) groups excluding carboxylic acids is 1. The van der Waals surface area contributed by atoms with Crippen molar-refractivity contribution in [2.75, 3.05) is 44.4 Å². The number of nitrogens with one attached hydrogen (secondary N) is 3. The second-order valence-corrected chi connectivity index (χ2v) is 4.40. The molecule has 2 amide bonds. The topological polar surface area (TPSA) is 112 Å². The minimum absolute atomic E-state index is 0.101. The van der Waals surface area contributed by atoms with Gasteiger partial charge in [0.25, 0.3) is 0 Å². The van der Waals surface area contributed by atoms with Gasteiger partial charge in [-0.05, 0) is 13.0 Å². The highest BCUT2D eigenvalue weighted by atomic mass is 16.6. The number of anilines is 2. The lowest BCUT2D eigenvalue weighted by Gasteiger charge is -2.12. The molecule has 0 saturated heterocycles. The fraction of sp³-hybridized carbons (Fsp3) is 0.500. The number of aromatic nitrogens is 1. The molecule has 0 bridgehead atoms. The predicted molar refractivity (Wildman–Crippen MR) is 80.6 cm³/mol. The Bertz CT molecular complexity index is 506. The van der Waals surface area contributed by atoms with Gasteiger partial charge in [0.15, 0.2) is 0 Å². The Morgan fingerprint density at radius 3 is 2.62 bits per heavy atom. The summed E-state index contributed by atoms with van der Waals surface area (Å²) in [5.41, 5.74) is -0.101. The molecule has 0 radical (unpaired) electrons. The molecule has 1 aromatic heterocycles. The van der Waals surface area contributed by atoms with Crippen LogP contribution in [0.25, 0.3) is 0 Å². The monoisotopic (exact) mass is 296 g/mol. The standard InChI is InChI=1S/C12H20N6O3/c1-4-13-10-6-5-9(18(20)21)11(16-10)14-7-8-15-12(19)17(2)3/h5-6H,4,7-8H2,1-3H3,(H,15,19)(H2,13,14,16). The molecule has 0 aromatic carbocycles. The zero-order valence-corrected chi connectivity index (χ0v) is 12.3. The maximum atomic E-state index is 11.3. The molecule has 1 rings (SSSR count). The predicted octanol–water partition coefficient (Wildman–Crippen LogP) is 1.10. The summed E-state index contributed by atoms with van der Waals surface area (Å²) in [5, 5.41) is 19.5. The third-order valence-electron chi connectivity index (χ3n) is 2.53. The molecule has 21 heavy (non-hydrogen) atoms. The van der Waals surface area contributed by atoms with E-state index in [9.17, 15) is 14.9 Å². The Labute approximate surface area is 122 Å². The number of hydrogen-bond acceptors (Lipinski definition) is 6. The second kappa shape index (κ2) is 7.88. The molecule has 0 aliphatic rings. The molecule has 0 unspecified atom stereocenters. The van der Waals surface area contributed by atoms with Gasteiger partial charge in [-0.3, -0.25) is 10.1 Å². The normalized spacial score (nSPS) is 9.86.